The van der Waals surface area contributed by atoms with Gasteiger partial charge in [0.05, 0.1) is 15.7 Å². The van der Waals surface area contributed by atoms with Crippen LogP contribution in [-0.4, -0.2) is 15.8 Å². The van der Waals surface area contributed by atoms with Crippen LogP contribution in [-0.2, 0) is 6.42 Å². The van der Waals surface area contributed by atoms with Crippen molar-refractivity contribution in [2.24, 2.45) is 5.41 Å². The van der Waals surface area contributed by atoms with Crippen LogP contribution in [0.3, 0.4) is 0 Å². The highest BCUT2D eigenvalue weighted by atomic mass is 79.9. The summed E-state index contributed by atoms with van der Waals surface area (Å²) < 4.78 is 0.884. The Morgan fingerprint density at radius 1 is 1.26 bits per heavy atom. The first-order valence-electron chi connectivity index (χ1n) is 6.32. The number of aromatic nitrogens is 2. The SMILES string of the molecule is CC1(C)CC(=O)c2c([nH]c(-c3ccncc3)c2Br)C1. The van der Waals surface area contributed by atoms with E-state index in [2.05, 4.69) is 39.7 Å². The van der Waals surface area contributed by atoms with Gasteiger partial charge in [-0.15, -0.1) is 0 Å². The lowest BCUT2D eigenvalue weighted by Crippen LogP contribution is -2.26. The molecule has 0 atom stereocenters. The minimum Gasteiger partial charge on any atom is -0.357 e. The van der Waals surface area contributed by atoms with Crippen molar-refractivity contribution in [2.75, 3.05) is 0 Å². The third-order valence-corrected chi connectivity index (χ3v) is 4.35. The molecule has 98 valence electrons. The zero-order valence-electron chi connectivity index (χ0n) is 11.0. The summed E-state index contributed by atoms with van der Waals surface area (Å²) in [6.07, 6.45) is 5.02. The lowest BCUT2D eigenvalue weighted by molar-refractivity contribution is 0.0911. The molecule has 2 aromatic heterocycles. The van der Waals surface area contributed by atoms with Gasteiger partial charge < -0.3 is 4.98 Å². The number of nitrogens with zero attached hydrogens (tertiary/aromatic N) is 1. The average molecular weight is 319 g/mol. The summed E-state index contributed by atoms with van der Waals surface area (Å²) in [5.41, 5.74) is 3.91. The number of carbonyl (C=O) groups is 1. The van der Waals surface area contributed by atoms with Crippen molar-refractivity contribution in [3.63, 3.8) is 0 Å². The number of H-pyrrole nitrogens is 1. The van der Waals surface area contributed by atoms with Crippen molar-refractivity contribution in [3.05, 3.63) is 40.3 Å². The molecule has 0 aliphatic heterocycles. The molecule has 0 aromatic carbocycles. The summed E-state index contributed by atoms with van der Waals surface area (Å²) >= 11 is 3.58. The normalized spacial score (nSPS) is 17.3. The van der Waals surface area contributed by atoms with Crippen molar-refractivity contribution in [3.8, 4) is 11.3 Å². The highest BCUT2D eigenvalue weighted by Crippen LogP contribution is 2.41. The molecule has 2 aromatic rings. The van der Waals surface area contributed by atoms with Crippen LogP contribution in [0.5, 0.6) is 0 Å². The van der Waals surface area contributed by atoms with Crippen molar-refractivity contribution >= 4 is 21.7 Å². The Balaban J connectivity index is 2.15. The topological polar surface area (TPSA) is 45.8 Å². The highest BCUT2D eigenvalue weighted by molar-refractivity contribution is 9.10. The standard InChI is InChI=1S/C15H15BrN2O/c1-15(2)7-10-12(11(19)8-15)13(16)14(18-10)9-3-5-17-6-4-9/h3-6,18H,7-8H2,1-2H3. The minimum absolute atomic E-state index is 0.0316. The van der Waals surface area contributed by atoms with E-state index in [-0.39, 0.29) is 11.2 Å². The number of halogens is 1. The Hall–Kier alpha value is -1.42. The second-order valence-corrected chi connectivity index (χ2v) is 6.64. The second-order valence-electron chi connectivity index (χ2n) is 5.84. The lowest BCUT2D eigenvalue weighted by atomic mass is 9.76. The molecule has 0 radical (unpaired) electrons. The van der Waals surface area contributed by atoms with Gasteiger partial charge in [0.1, 0.15) is 0 Å². The van der Waals surface area contributed by atoms with Gasteiger partial charge in [-0.2, -0.15) is 0 Å². The molecule has 0 bridgehead atoms. The predicted octanol–water partition coefficient (Wildman–Crippen LogP) is 3.99. The summed E-state index contributed by atoms with van der Waals surface area (Å²) in [5, 5.41) is 0. The van der Waals surface area contributed by atoms with E-state index in [0.717, 1.165) is 33.4 Å². The first-order valence-corrected chi connectivity index (χ1v) is 7.11. The van der Waals surface area contributed by atoms with E-state index >= 15 is 0 Å². The minimum atomic E-state index is 0.0316. The number of fused-ring (bicyclic) bond motifs is 1. The van der Waals surface area contributed by atoms with Gasteiger partial charge in [-0.1, -0.05) is 13.8 Å². The molecule has 0 unspecified atom stereocenters. The summed E-state index contributed by atoms with van der Waals surface area (Å²) in [4.78, 5) is 19.7. The van der Waals surface area contributed by atoms with Crippen molar-refractivity contribution in [2.45, 2.75) is 26.7 Å². The molecular formula is C15H15BrN2O. The zero-order valence-corrected chi connectivity index (χ0v) is 12.5. The van der Waals surface area contributed by atoms with E-state index in [0.29, 0.717) is 6.42 Å². The molecule has 3 nitrogen and oxygen atoms in total. The monoisotopic (exact) mass is 318 g/mol. The fraction of sp³-hybridized carbons (Fsp3) is 0.333. The van der Waals surface area contributed by atoms with Gasteiger partial charge in [0, 0.05) is 30.1 Å². The molecule has 19 heavy (non-hydrogen) atoms. The zero-order chi connectivity index (χ0) is 13.6. The Labute approximate surface area is 120 Å². The van der Waals surface area contributed by atoms with Crippen LogP contribution < -0.4 is 0 Å². The van der Waals surface area contributed by atoms with Gasteiger partial charge in [-0.3, -0.25) is 9.78 Å². The number of ketones is 1. The number of Topliss-reactive ketones (excluding diaryl/α,β-unsaturated/α-hetero) is 1. The molecule has 2 heterocycles. The molecular weight excluding hydrogens is 304 g/mol. The maximum Gasteiger partial charge on any atom is 0.166 e. The van der Waals surface area contributed by atoms with Crippen LogP contribution in [0.1, 0.15) is 36.3 Å². The molecule has 4 heteroatoms. The van der Waals surface area contributed by atoms with Crippen molar-refractivity contribution in [1.82, 2.24) is 9.97 Å². The summed E-state index contributed by atoms with van der Waals surface area (Å²) in [5.74, 6) is 0.217. The first kappa shape index (κ1) is 12.6. The molecule has 0 fully saturated rings. The smallest absolute Gasteiger partial charge is 0.166 e. The van der Waals surface area contributed by atoms with E-state index in [9.17, 15) is 4.79 Å². The Kier molecular flexibility index (Phi) is 2.86. The van der Waals surface area contributed by atoms with Crippen molar-refractivity contribution in [1.29, 1.82) is 0 Å². The third-order valence-electron chi connectivity index (χ3n) is 3.56. The fourth-order valence-electron chi connectivity index (χ4n) is 2.73. The van der Waals surface area contributed by atoms with Crippen LogP contribution in [0.2, 0.25) is 0 Å². The molecule has 1 N–H and O–H groups in total. The summed E-state index contributed by atoms with van der Waals surface area (Å²) in [7, 11) is 0. The molecule has 0 spiro atoms. The number of hydrogen-bond acceptors (Lipinski definition) is 2. The highest BCUT2D eigenvalue weighted by Gasteiger charge is 2.34. The van der Waals surface area contributed by atoms with E-state index in [1.54, 1.807) is 12.4 Å². The van der Waals surface area contributed by atoms with Crippen LogP contribution >= 0.6 is 15.9 Å². The fourth-order valence-corrected chi connectivity index (χ4v) is 3.52. The molecule has 1 aliphatic carbocycles. The summed E-state index contributed by atoms with van der Waals surface area (Å²) in [6, 6.07) is 3.88. The number of nitrogens with one attached hydrogen (secondary N) is 1. The second kappa shape index (κ2) is 4.30. The maximum atomic E-state index is 12.3. The number of carbonyl (C=O) groups excluding carboxylic acids is 1. The Bertz CT molecular complexity index is 644. The number of aromatic amines is 1. The van der Waals surface area contributed by atoms with E-state index in [1.807, 2.05) is 12.1 Å². The molecule has 0 saturated carbocycles. The van der Waals surface area contributed by atoms with Gasteiger partial charge in [-0.05, 0) is 39.9 Å². The predicted molar refractivity (Wildman–Crippen MR) is 78.2 cm³/mol. The average Bonchev–Trinajstić information content (AvgIpc) is 2.66. The quantitative estimate of drug-likeness (QED) is 0.864. The first-order chi connectivity index (χ1) is 8.98. The molecule has 1 aliphatic rings. The molecule has 3 rings (SSSR count). The molecule has 0 saturated heterocycles. The van der Waals surface area contributed by atoms with Gasteiger partial charge in [0.2, 0.25) is 0 Å². The van der Waals surface area contributed by atoms with E-state index < -0.39 is 0 Å². The van der Waals surface area contributed by atoms with Crippen LogP contribution in [0, 0.1) is 5.41 Å². The van der Waals surface area contributed by atoms with Gasteiger partial charge >= 0.3 is 0 Å². The van der Waals surface area contributed by atoms with Gasteiger partial charge in [0.15, 0.2) is 5.78 Å². The largest absolute Gasteiger partial charge is 0.357 e. The number of pyridine rings is 1. The number of rotatable bonds is 1. The molecule has 0 amide bonds. The third kappa shape index (κ3) is 2.14. The maximum absolute atomic E-state index is 12.3. The van der Waals surface area contributed by atoms with E-state index in [4.69, 9.17) is 0 Å². The Morgan fingerprint density at radius 3 is 2.63 bits per heavy atom. The van der Waals surface area contributed by atoms with Crippen molar-refractivity contribution < 1.29 is 4.79 Å². The van der Waals surface area contributed by atoms with Gasteiger partial charge in [0.25, 0.3) is 0 Å². The van der Waals surface area contributed by atoms with Crippen LogP contribution in [0.15, 0.2) is 29.0 Å². The van der Waals surface area contributed by atoms with E-state index in [1.165, 1.54) is 0 Å². The lowest BCUT2D eigenvalue weighted by Gasteiger charge is -2.28. The van der Waals surface area contributed by atoms with Crippen LogP contribution in [0.4, 0.5) is 0 Å². The van der Waals surface area contributed by atoms with Gasteiger partial charge in [-0.25, -0.2) is 0 Å². The summed E-state index contributed by atoms with van der Waals surface area (Å²) in [6.45, 7) is 4.27. The van der Waals surface area contributed by atoms with Crippen LogP contribution in [0.25, 0.3) is 11.3 Å². The number of hydrogen-bond donors (Lipinski definition) is 1. The Morgan fingerprint density at radius 2 is 1.95 bits per heavy atom.